The number of thioether (sulfide) groups is 1. The van der Waals surface area contributed by atoms with Crippen molar-refractivity contribution in [2.24, 2.45) is 0 Å². The van der Waals surface area contributed by atoms with Crippen molar-refractivity contribution in [2.75, 3.05) is 32.1 Å². The van der Waals surface area contributed by atoms with Crippen molar-refractivity contribution in [1.29, 1.82) is 0 Å². The number of hydrogen-bond donors (Lipinski definition) is 1. The average molecular weight is 380 g/mol. The van der Waals surface area contributed by atoms with E-state index in [9.17, 15) is 9.59 Å². The molecule has 0 aliphatic carbocycles. The van der Waals surface area contributed by atoms with Gasteiger partial charge in [0.05, 0.1) is 5.75 Å². The predicted molar refractivity (Wildman–Crippen MR) is 98.6 cm³/mol. The van der Waals surface area contributed by atoms with Gasteiger partial charge >= 0.3 is 6.09 Å². The molecule has 8 heteroatoms. The maximum atomic E-state index is 12.3. The number of nitrogens with zero attached hydrogens (tertiary/aromatic N) is 1. The second kappa shape index (κ2) is 7.65. The van der Waals surface area contributed by atoms with Gasteiger partial charge in [0.15, 0.2) is 11.5 Å². The zero-order chi connectivity index (χ0) is 18.7. The standard InChI is InChI=1S/C18H24N2O5S/c1-18(2,3)25-17(22)19-6-7-20-15(21)11-26-16(20)12-4-5-13-14(10-12)24-9-8-23-13/h4-5,10,16H,6-9,11H2,1-3H3,(H,19,22). The molecule has 1 N–H and O–H groups in total. The van der Waals surface area contributed by atoms with Gasteiger partial charge in [-0.15, -0.1) is 11.8 Å². The molecule has 0 bridgehead atoms. The van der Waals surface area contributed by atoms with E-state index >= 15 is 0 Å². The molecule has 1 atom stereocenters. The molecule has 26 heavy (non-hydrogen) atoms. The Labute approximate surface area is 157 Å². The Hall–Kier alpha value is -2.09. The number of alkyl carbamates (subject to hydrolysis) is 1. The minimum atomic E-state index is -0.545. The monoisotopic (exact) mass is 380 g/mol. The predicted octanol–water partition coefficient (Wildman–Crippen LogP) is 2.56. The van der Waals surface area contributed by atoms with Crippen LogP contribution in [0, 0.1) is 0 Å². The number of fused-ring (bicyclic) bond motifs is 1. The highest BCUT2D eigenvalue weighted by atomic mass is 32.2. The highest BCUT2D eigenvalue weighted by Crippen LogP contribution is 2.41. The quantitative estimate of drug-likeness (QED) is 0.865. The van der Waals surface area contributed by atoms with Crippen molar-refractivity contribution >= 4 is 23.8 Å². The Kier molecular flexibility index (Phi) is 5.50. The maximum absolute atomic E-state index is 12.3. The lowest BCUT2D eigenvalue weighted by atomic mass is 10.1. The molecular formula is C18H24N2O5S. The molecule has 1 aromatic rings. The van der Waals surface area contributed by atoms with Gasteiger partial charge in [0.1, 0.15) is 24.2 Å². The lowest BCUT2D eigenvalue weighted by Crippen LogP contribution is -2.39. The zero-order valence-corrected chi connectivity index (χ0v) is 16.1. The van der Waals surface area contributed by atoms with Gasteiger partial charge in [-0.3, -0.25) is 4.79 Å². The molecule has 0 radical (unpaired) electrons. The van der Waals surface area contributed by atoms with Crippen LogP contribution >= 0.6 is 11.8 Å². The number of hydrogen-bond acceptors (Lipinski definition) is 6. The van der Waals surface area contributed by atoms with E-state index in [1.165, 1.54) is 0 Å². The second-order valence-electron chi connectivity index (χ2n) is 7.08. The molecule has 2 amide bonds. The number of carbonyl (C=O) groups is 2. The van der Waals surface area contributed by atoms with Gasteiger partial charge in [-0.05, 0) is 38.5 Å². The second-order valence-corrected chi connectivity index (χ2v) is 8.15. The summed E-state index contributed by atoms with van der Waals surface area (Å²) in [4.78, 5) is 25.8. The molecule has 0 spiro atoms. The largest absolute Gasteiger partial charge is 0.486 e. The van der Waals surface area contributed by atoms with E-state index in [0.29, 0.717) is 37.8 Å². The third-order valence-corrected chi connectivity index (χ3v) is 5.10. The van der Waals surface area contributed by atoms with Gasteiger partial charge in [0.2, 0.25) is 5.91 Å². The van der Waals surface area contributed by atoms with Gasteiger partial charge in [0, 0.05) is 13.1 Å². The summed E-state index contributed by atoms with van der Waals surface area (Å²) in [6, 6.07) is 5.77. The topological polar surface area (TPSA) is 77.1 Å². The van der Waals surface area contributed by atoms with Crippen LogP contribution in [0.15, 0.2) is 18.2 Å². The smallest absolute Gasteiger partial charge is 0.407 e. The maximum Gasteiger partial charge on any atom is 0.407 e. The molecule has 2 heterocycles. The number of ether oxygens (including phenoxy) is 3. The first-order valence-electron chi connectivity index (χ1n) is 8.61. The first kappa shape index (κ1) is 18.7. The van der Waals surface area contributed by atoms with Crippen molar-refractivity contribution in [3.8, 4) is 11.5 Å². The molecule has 1 unspecified atom stereocenters. The van der Waals surface area contributed by atoms with Gasteiger partial charge in [-0.25, -0.2) is 4.79 Å². The molecule has 1 aromatic carbocycles. The molecule has 3 rings (SSSR count). The van der Waals surface area contributed by atoms with Crippen molar-refractivity contribution in [3.63, 3.8) is 0 Å². The minimum absolute atomic E-state index is 0.0564. The van der Waals surface area contributed by atoms with Crippen LogP contribution in [0.25, 0.3) is 0 Å². The minimum Gasteiger partial charge on any atom is -0.486 e. The Balaban J connectivity index is 1.61. The molecule has 2 aliphatic heterocycles. The Morgan fingerprint density at radius 3 is 2.77 bits per heavy atom. The highest BCUT2D eigenvalue weighted by Gasteiger charge is 2.33. The Morgan fingerprint density at radius 1 is 1.31 bits per heavy atom. The average Bonchev–Trinajstić information content (AvgIpc) is 2.94. The first-order valence-corrected chi connectivity index (χ1v) is 9.66. The van der Waals surface area contributed by atoms with E-state index in [2.05, 4.69) is 5.32 Å². The SMILES string of the molecule is CC(C)(C)OC(=O)NCCN1C(=O)CSC1c1ccc2c(c1)OCCO2. The first-order chi connectivity index (χ1) is 12.3. The van der Waals surface area contributed by atoms with Crippen LogP contribution in [-0.2, 0) is 9.53 Å². The van der Waals surface area contributed by atoms with E-state index in [1.54, 1.807) is 16.7 Å². The fourth-order valence-electron chi connectivity index (χ4n) is 2.78. The lowest BCUT2D eigenvalue weighted by molar-refractivity contribution is -0.128. The molecule has 1 saturated heterocycles. The molecule has 1 fully saturated rings. The summed E-state index contributed by atoms with van der Waals surface area (Å²) in [5, 5.41) is 2.60. The molecule has 0 aromatic heterocycles. The van der Waals surface area contributed by atoms with E-state index in [4.69, 9.17) is 14.2 Å². The van der Waals surface area contributed by atoms with Crippen molar-refractivity contribution < 1.29 is 23.8 Å². The van der Waals surface area contributed by atoms with Gasteiger partial charge in [-0.2, -0.15) is 0 Å². The molecule has 7 nitrogen and oxygen atoms in total. The Morgan fingerprint density at radius 2 is 2.04 bits per heavy atom. The van der Waals surface area contributed by atoms with Crippen molar-refractivity contribution in [1.82, 2.24) is 10.2 Å². The van der Waals surface area contributed by atoms with Gasteiger partial charge < -0.3 is 24.4 Å². The molecule has 0 saturated carbocycles. The van der Waals surface area contributed by atoms with Crippen LogP contribution < -0.4 is 14.8 Å². The summed E-state index contributed by atoms with van der Waals surface area (Å²) in [7, 11) is 0. The summed E-state index contributed by atoms with van der Waals surface area (Å²) >= 11 is 1.57. The molecule has 2 aliphatic rings. The fraction of sp³-hybridized carbons (Fsp3) is 0.556. The Bertz CT molecular complexity index is 689. The van der Waals surface area contributed by atoms with E-state index in [1.807, 2.05) is 39.0 Å². The van der Waals surface area contributed by atoms with Crippen LogP contribution in [0.2, 0.25) is 0 Å². The number of benzene rings is 1. The van der Waals surface area contributed by atoms with Crippen LogP contribution in [0.4, 0.5) is 4.79 Å². The summed E-state index contributed by atoms with van der Waals surface area (Å²) in [5.74, 6) is 1.92. The molecule has 142 valence electrons. The lowest BCUT2D eigenvalue weighted by Gasteiger charge is -2.26. The van der Waals surface area contributed by atoms with Gasteiger partial charge in [-0.1, -0.05) is 6.07 Å². The van der Waals surface area contributed by atoms with Crippen molar-refractivity contribution in [3.05, 3.63) is 23.8 Å². The van der Waals surface area contributed by atoms with Crippen LogP contribution in [-0.4, -0.2) is 54.6 Å². The third kappa shape index (κ3) is 4.55. The van der Waals surface area contributed by atoms with E-state index < -0.39 is 11.7 Å². The van der Waals surface area contributed by atoms with Gasteiger partial charge in [0.25, 0.3) is 0 Å². The number of rotatable bonds is 4. The summed E-state index contributed by atoms with van der Waals surface area (Å²) in [5.41, 5.74) is 0.444. The number of amides is 2. The van der Waals surface area contributed by atoms with Crippen LogP contribution in [0.1, 0.15) is 31.7 Å². The normalized spacial score (nSPS) is 19.4. The third-order valence-electron chi connectivity index (χ3n) is 3.84. The van der Waals surface area contributed by atoms with E-state index in [-0.39, 0.29) is 11.3 Å². The fourth-order valence-corrected chi connectivity index (χ4v) is 3.99. The van der Waals surface area contributed by atoms with Crippen LogP contribution in [0.5, 0.6) is 11.5 Å². The summed E-state index contributed by atoms with van der Waals surface area (Å²) < 4.78 is 16.4. The molecular weight excluding hydrogens is 356 g/mol. The highest BCUT2D eigenvalue weighted by molar-refractivity contribution is 8.00. The zero-order valence-electron chi connectivity index (χ0n) is 15.2. The van der Waals surface area contributed by atoms with E-state index in [0.717, 1.165) is 11.3 Å². The number of carbonyl (C=O) groups excluding carboxylic acids is 2. The van der Waals surface area contributed by atoms with Crippen LogP contribution in [0.3, 0.4) is 0 Å². The number of nitrogens with one attached hydrogen (secondary N) is 1. The summed E-state index contributed by atoms with van der Waals surface area (Å²) in [6.45, 7) is 7.26. The van der Waals surface area contributed by atoms with Crippen molar-refractivity contribution in [2.45, 2.75) is 31.7 Å². The summed E-state index contributed by atoms with van der Waals surface area (Å²) in [6.07, 6.45) is -0.479.